The van der Waals surface area contributed by atoms with E-state index in [1.54, 1.807) is 0 Å². The molecular weight excluding hydrogens is 164 g/mol. The van der Waals surface area contributed by atoms with Crippen LogP contribution in [0.1, 0.15) is 13.8 Å². The van der Waals surface area contributed by atoms with Crippen LogP contribution in [0.2, 0.25) is 0 Å². The van der Waals surface area contributed by atoms with E-state index in [1.165, 1.54) is 5.57 Å². The summed E-state index contributed by atoms with van der Waals surface area (Å²) in [6, 6.07) is 0. The Morgan fingerprint density at radius 1 is 1.75 bits per heavy atom. The third kappa shape index (κ3) is 2.34. The van der Waals surface area contributed by atoms with Gasteiger partial charge in [-0.3, -0.25) is 0 Å². The minimum atomic E-state index is 0.576. The maximum atomic E-state index is 3.56. The van der Waals surface area contributed by atoms with Crippen LogP contribution in [-0.2, 0) is 0 Å². The van der Waals surface area contributed by atoms with Crippen molar-refractivity contribution in [1.82, 2.24) is 0 Å². The van der Waals surface area contributed by atoms with Gasteiger partial charge in [0.15, 0.2) is 0 Å². The van der Waals surface area contributed by atoms with Crippen LogP contribution in [0.5, 0.6) is 0 Å². The largest absolute Gasteiger partial charge is 0.128 e. The molecule has 0 rings (SSSR count). The summed E-state index contributed by atoms with van der Waals surface area (Å²) in [5.74, 6) is 0.576. The van der Waals surface area contributed by atoms with Crippen molar-refractivity contribution in [2.45, 2.75) is 13.8 Å². The minimum Gasteiger partial charge on any atom is -0.128 e. The van der Waals surface area contributed by atoms with Crippen LogP contribution in [0.15, 0.2) is 17.9 Å². The van der Waals surface area contributed by atoms with Crippen molar-refractivity contribution in [3.05, 3.63) is 17.9 Å². The average molecular weight is 175 g/mol. The topological polar surface area (TPSA) is 0 Å². The van der Waals surface area contributed by atoms with Crippen molar-refractivity contribution < 1.29 is 0 Å². The zero-order valence-electron chi connectivity index (χ0n) is 5.37. The molecule has 46 valence electrons. The van der Waals surface area contributed by atoms with Crippen LogP contribution in [0.3, 0.4) is 0 Å². The SMILES string of the molecule is C=C=C(CBr)C(C)C. The van der Waals surface area contributed by atoms with E-state index in [-0.39, 0.29) is 0 Å². The molecule has 0 unspecified atom stereocenters. The summed E-state index contributed by atoms with van der Waals surface area (Å²) in [5, 5.41) is 0.897. The first-order valence-electron chi connectivity index (χ1n) is 2.67. The van der Waals surface area contributed by atoms with Crippen LogP contribution < -0.4 is 0 Å². The van der Waals surface area contributed by atoms with Gasteiger partial charge in [0.05, 0.1) is 0 Å². The summed E-state index contributed by atoms with van der Waals surface area (Å²) in [5.41, 5.74) is 4.11. The maximum Gasteiger partial charge on any atom is 0.0320 e. The molecule has 0 nitrogen and oxygen atoms in total. The summed E-state index contributed by atoms with van der Waals surface area (Å²) in [7, 11) is 0. The van der Waals surface area contributed by atoms with Gasteiger partial charge in [-0.15, -0.1) is 5.73 Å². The summed E-state index contributed by atoms with van der Waals surface area (Å²) >= 11 is 3.34. The van der Waals surface area contributed by atoms with Crippen LogP contribution in [-0.4, -0.2) is 5.33 Å². The highest BCUT2D eigenvalue weighted by molar-refractivity contribution is 9.09. The number of alkyl halides is 1. The number of allylic oxidation sites excluding steroid dienone is 1. The molecule has 0 N–H and O–H groups in total. The molecule has 8 heavy (non-hydrogen) atoms. The molecule has 0 aromatic heterocycles. The zero-order valence-corrected chi connectivity index (χ0v) is 6.96. The third-order valence-corrected chi connectivity index (χ3v) is 1.67. The lowest BCUT2D eigenvalue weighted by Gasteiger charge is -2.01. The predicted octanol–water partition coefficient (Wildman–Crippen LogP) is 2.75. The molecule has 0 radical (unpaired) electrons. The molecule has 0 aromatic carbocycles. The summed E-state index contributed by atoms with van der Waals surface area (Å²) in [4.78, 5) is 0. The van der Waals surface area contributed by atoms with E-state index in [0.29, 0.717) is 5.92 Å². The van der Waals surface area contributed by atoms with E-state index < -0.39 is 0 Å². The molecule has 0 fully saturated rings. The van der Waals surface area contributed by atoms with Gasteiger partial charge < -0.3 is 0 Å². The second-order valence-electron chi connectivity index (χ2n) is 1.99. The van der Waals surface area contributed by atoms with Crippen molar-refractivity contribution in [2.75, 3.05) is 5.33 Å². The van der Waals surface area contributed by atoms with Crippen molar-refractivity contribution in [2.24, 2.45) is 5.92 Å². The Balaban J connectivity index is 3.92. The first-order chi connectivity index (χ1) is 3.72. The lowest BCUT2D eigenvalue weighted by atomic mass is 10.1. The predicted molar refractivity (Wildman–Crippen MR) is 41.3 cm³/mol. The molecule has 0 aliphatic heterocycles. The molecule has 0 spiro atoms. The fourth-order valence-corrected chi connectivity index (χ4v) is 1.25. The fourth-order valence-electron chi connectivity index (χ4n) is 0.406. The van der Waals surface area contributed by atoms with Crippen molar-refractivity contribution in [3.63, 3.8) is 0 Å². The van der Waals surface area contributed by atoms with E-state index in [1.807, 2.05) is 0 Å². The molecule has 0 amide bonds. The van der Waals surface area contributed by atoms with Gasteiger partial charge in [-0.25, -0.2) is 0 Å². The van der Waals surface area contributed by atoms with Crippen molar-refractivity contribution in [1.29, 1.82) is 0 Å². The first kappa shape index (κ1) is 8.00. The Bertz CT molecular complexity index is 108. The smallest absolute Gasteiger partial charge is 0.0320 e. The molecule has 0 aliphatic rings. The fraction of sp³-hybridized carbons (Fsp3) is 0.571. The van der Waals surface area contributed by atoms with Gasteiger partial charge in [0, 0.05) is 5.33 Å². The van der Waals surface area contributed by atoms with E-state index in [9.17, 15) is 0 Å². The minimum absolute atomic E-state index is 0.576. The van der Waals surface area contributed by atoms with Gasteiger partial charge in [0.25, 0.3) is 0 Å². The third-order valence-electron chi connectivity index (χ3n) is 1.07. The Kier molecular flexibility index (Phi) is 3.94. The highest BCUT2D eigenvalue weighted by Gasteiger charge is 1.96. The van der Waals surface area contributed by atoms with Gasteiger partial charge in [-0.2, -0.15) is 0 Å². The van der Waals surface area contributed by atoms with E-state index in [0.717, 1.165) is 5.33 Å². The Hall–Kier alpha value is 0. The highest BCUT2D eigenvalue weighted by atomic mass is 79.9. The molecule has 0 bridgehead atoms. The van der Waals surface area contributed by atoms with E-state index >= 15 is 0 Å². The van der Waals surface area contributed by atoms with E-state index in [4.69, 9.17) is 0 Å². The Morgan fingerprint density at radius 3 is 2.25 bits per heavy atom. The van der Waals surface area contributed by atoms with Gasteiger partial charge in [-0.1, -0.05) is 36.4 Å². The number of halogens is 1. The number of hydrogen-bond acceptors (Lipinski definition) is 0. The highest BCUT2D eigenvalue weighted by Crippen LogP contribution is 2.09. The van der Waals surface area contributed by atoms with Crippen LogP contribution in [0.4, 0.5) is 0 Å². The van der Waals surface area contributed by atoms with Gasteiger partial charge in [0.1, 0.15) is 0 Å². The monoisotopic (exact) mass is 174 g/mol. The van der Waals surface area contributed by atoms with Crippen LogP contribution >= 0.6 is 15.9 Å². The first-order valence-corrected chi connectivity index (χ1v) is 3.79. The Morgan fingerprint density at radius 2 is 2.25 bits per heavy atom. The molecule has 0 aliphatic carbocycles. The molecule has 0 aromatic rings. The standard InChI is InChI=1S/C7H11Br/c1-4-7(5-8)6(2)3/h6H,1,5H2,2-3H3. The van der Waals surface area contributed by atoms with Gasteiger partial charge in [0.2, 0.25) is 0 Å². The van der Waals surface area contributed by atoms with Crippen molar-refractivity contribution >= 4 is 15.9 Å². The lowest BCUT2D eigenvalue weighted by molar-refractivity contribution is 0.777. The van der Waals surface area contributed by atoms with Crippen LogP contribution in [0, 0.1) is 5.92 Å². The van der Waals surface area contributed by atoms with Gasteiger partial charge in [-0.05, 0) is 11.5 Å². The Labute approximate surface area is 59.4 Å². The zero-order chi connectivity index (χ0) is 6.57. The number of rotatable bonds is 2. The normalized spacial score (nSPS) is 9.00. The van der Waals surface area contributed by atoms with Crippen LogP contribution in [0.25, 0.3) is 0 Å². The molecule has 0 heterocycles. The average Bonchev–Trinajstić information content (AvgIpc) is 1.69. The molecule has 1 heteroatoms. The van der Waals surface area contributed by atoms with E-state index in [2.05, 4.69) is 42.1 Å². The summed E-state index contributed by atoms with van der Waals surface area (Å²) in [6.45, 7) is 7.83. The maximum absolute atomic E-state index is 3.56. The molecule has 0 saturated heterocycles. The summed E-state index contributed by atoms with van der Waals surface area (Å²) < 4.78 is 0. The van der Waals surface area contributed by atoms with Gasteiger partial charge >= 0.3 is 0 Å². The second-order valence-corrected chi connectivity index (χ2v) is 2.55. The molecular formula is C7H11Br. The molecule has 0 atom stereocenters. The summed E-state index contributed by atoms with van der Waals surface area (Å²) in [6.07, 6.45) is 0. The second kappa shape index (κ2) is 3.94. The quantitative estimate of drug-likeness (QED) is 0.447. The number of hydrogen-bond donors (Lipinski definition) is 0. The van der Waals surface area contributed by atoms with Crippen molar-refractivity contribution in [3.8, 4) is 0 Å². The molecule has 0 saturated carbocycles. The lowest BCUT2D eigenvalue weighted by Crippen LogP contribution is -1.92.